The van der Waals surface area contributed by atoms with E-state index in [-0.39, 0.29) is 23.6 Å². The molecule has 7 nitrogen and oxygen atoms in total. The molecule has 160 valence electrons. The highest BCUT2D eigenvalue weighted by Crippen LogP contribution is 2.29. The number of hydrogen-bond acceptors (Lipinski definition) is 5. The zero-order valence-corrected chi connectivity index (χ0v) is 17.5. The third kappa shape index (κ3) is 5.04. The van der Waals surface area contributed by atoms with Crippen LogP contribution in [0.5, 0.6) is 0 Å². The molecular weight excluding hydrogens is 382 g/mol. The average molecular weight is 412 g/mol. The summed E-state index contributed by atoms with van der Waals surface area (Å²) in [5, 5.41) is 21.4. The molecule has 1 N–H and O–H groups in total. The van der Waals surface area contributed by atoms with E-state index in [4.69, 9.17) is 0 Å². The van der Waals surface area contributed by atoms with E-state index in [0.29, 0.717) is 18.5 Å². The minimum Gasteiger partial charge on any atom is -0.387 e. The molecule has 3 rings (SSSR count). The molecule has 0 bridgehead atoms. The Morgan fingerprint density at radius 3 is 2.47 bits per heavy atom. The summed E-state index contributed by atoms with van der Waals surface area (Å²) in [7, 11) is 0. The Morgan fingerprint density at radius 2 is 1.90 bits per heavy atom. The summed E-state index contributed by atoms with van der Waals surface area (Å²) in [4.78, 5) is 27.2. The Labute approximate surface area is 177 Å². The number of aliphatic hydroxyl groups excluding tert-OH is 1. The van der Waals surface area contributed by atoms with E-state index in [9.17, 15) is 20.0 Å². The number of anilines is 1. The molecule has 1 amide bonds. The maximum atomic E-state index is 12.7. The highest BCUT2D eigenvalue weighted by Gasteiger charge is 2.34. The molecule has 1 heterocycles. The molecule has 2 aromatic carbocycles. The second-order valence-electron chi connectivity index (χ2n) is 7.91. The molecule has 1 aliphatic rings. The normalized spacial score (nSPS) is 20.5. The predicted octanol–water partition coefficient (Wildman–Crippen LogP) is 3.78. The summed E-state index contributed by atoms with van der Waals surface area (Å²) in [5.74, 6) is 0.371. The fourth-order valence-corrected chi connectivity index (χ4v) is 4.22. The van der Waals surface area contributed by atoms with E-state index in [1.807, 2.05) is 42.2 Å². The van der Waals surface area contributed by atoms with Gasteiger partial charge >= 0.3 is 0 Å². The molecule has 0 aliphatic carbocycles. The molecule has 0 spiro atoms. The molecule has 7 heteroatoms. The van der Waals surface area contributed by atoms with Crippen LogP contribution in [0.1, 0.15) is 38.4 Å². The first-order valence-electron chi connectivity index (χ1n) is 10.4. The number of amides is 1. The van der Waals surface area contributed by atoms with Gasteiger partial charge in [0, 0.05) is 49.9 Å². The number of piperidine rings is 1. The van der Waals surface area contributed by atoms with Gasteiger partial charge in [0.2, 0.25) is 5.91 Å². The van der Waals surface area contributed by atoms with Crippen LogP contribution in [0.2, 0.25) is 0 Å². The van der Waals surface area contributed by atoms with Gasteiger partial charge in [-0.1, -0.05) is 32.0 Å². The molecular formula is C23H29N3O4. The molecule has 30 heavy (non-hydrogen) atoms. The second-order valence-corrected chi connectivity index (χ2v) is 7.91. The average Bonchev–Trinajstić information content (AvgIpc) is 2.76. The van der Waals surface area contributed by atoms with Gasteiger partial charge in [0.25, 0.3) is 5.69 Å². The summed E-state index contributed by atoms with van der Waals surface area (Å²) in [6, 6.07) is 16.0. The van der Waals surface area contributed by atoms with Crippen LogP contribution in [-0.2, 0) is 4.79 Å². The Morgan fingerprint density at radius 1 is 1.23 bits per heavy atom. The van der Waals surface area contributed by atoms with Crippen molar-refractivity contribution in [1.29, 1.82) is 0 Å². The van der Waals surface area contributed by atoms with Crippen molar-refractivity contribution in [2.45, 2.75) is 38.8 Å². The quantitative estimate of drug-likeness (QED) is 0.553. The highest BCUT2D eigenvalue weighted by atomic mass is 16.6. The number of nitrogens with zero attached hydrogens (tertiary/aromatic N) is 3. The molecule has 1 aliphatic heterocycles. The maximum absolute atomic E-state index is 12.7. The number of rotatable bonds is 7. The summed E-state index contributed by atoms with van der Waals surface area (Å²) in [5.41, 5.74) is 1.62. The molecule has 0 aromatic heterocycles. The molecule has 2 aromatic rings. The van der Waals surface area contributed by atoms with Crippen LogP contribution in [0.15, 0.2) is 54.6 Å². The van der Waals surface area contributed by atoms with Crippen LogP contribution in [0.25, 0.3) is 0 Å². The first kappa shape index (κ1) is 21.9. The Hall–Kier alpha value is -2.77. The van der Waals surface area contributed by atoms with Crippen LogP contribution in [0.3, 0.4) is 0 Å². The number of likely N-dealkylation sites (tertiary alicyclic amines) is 1. The second kappa shape index (κ2) is 9.82. The number of non-ortho nitro benzene ring substituents is 1. The van der Waals surface area contributed by atoms with Crippen molar-refractivity contribution >= 4 is 17.3 Å². The SMILES string of the molecule is CCC(=O)N(c1ccccc1)C1CCN(CC(O)c2ccc([N+](=O)[O-])cc2)CC1C. The van der Waals surface area contributed by atoms with Gasteiger partial charge in [0.15, 0.2) is 0 Å². The van der Waals surface area contributed by atoms with E-state index in [1.165, 1.54) is 12.1 Å². The van der Waals surface area contributed by atoms with E-state index in [0.717, 1.165) is 25.2 Å². The first-order chi connectivity index (χ1) is 14.4. The number of nitro benzene ring substituents is 1. The number of β-amino-alcohol motifs (C(OH)–C–C–N with tert-alkyl or cyclic N) is 1. The van der Waals surface area contributed by atoms with Gasteiger partial charge in [0.1, 0.15) is 0 Å². The van der Waals surface area contributed by atoms with Crippen LogP contribution >= 0.6 is 0 Å². The number of carbonyl (C=O) groups excluding carboxylic acids is 1. The molecule has 0 radical (unpaired) electrons. The summed E-state index contributed by atoms with van der Waals surface area (Å²) in [6.07, 6.45) is 0.576. The number of nitro groups is 1. The van der Waals surface area contributed by atoms with E-state index in [1.54, 1.807) is 12.1 Å². The summed E-state index contributed by atoms with van der Waals surface area (Å²) in [6.45, 7) is 6.04. The zero-order chi connectivity index (χ0) is 21.7. The van der Waals surface area contributed by atoms with Gasteiger partial charge in [-0.2, -0.15) is 0 Å². The molecule has 3 atom stereocenters. The minimum absolute atomic E-state index is 0.0157. The Bertz CT molecular complexity index is 857. The van der Waals surface area contributed by atoms with Crippen LogP contribution < -0.4 is 4.90 Å². The first-order valence-corrected chi connectivity index (χ1v) is 10.4. The predicted molar refractivity (Wildman–Crippen MR) is 116 cm³/mol. The van der Waals surface area contributed by atoms with Gasteiger partial charge in [-0.25, -0.2) is 0 Å². The lowest BCUT2D eigenvalue weighted by molar-refractivity contribution is -0.384. The number of carbonyl (C=O) groups is 1. The Balaban J connectivity index is 1.65. The minimum atomic E-state index is -0.711. The van der Waals surface area contributed by atoms with Crippen molar-refractivity contribution in [3.63, 3.8) is 0 Å². The lowest BCUT2D eigenvalue weighted by Gasteiger charge is -2.43. The fraction of sp³-hybridized carbons (Fsp3) is 0.435. The highest BCUT2D eigenvalue weighted by molar-refractivity contribution is 5.93. The third-order valence-electron chi connectivity index (χ3n) is 5.80. The third-order valence-corrected chi connectivity index (χ3v) is 5.80. The smallest absolute Gasteiger partial charge is 0.269 e. The van der Waals surface area contributed by atoms with Crippen molar-refractivity contribution in [2.24, 2.45) is 5.92 Å². The molecule has 1 fully saturated rings. The summed E-state index contributed by atoms with van der Waals surface area (Å²) < 4.78 is 0. The van der Waals surface area contributed by atoms with Crippen LogP contribution in [0, 0.1) is 16.0 Å². The van der Waals surface area contributed by atoms with E-state index < -0.39 is 11.0 Å². The van der Waals surface area contributed by atoms with Crippen molar-refractivity contribution < 1.29 is 14.8 Å². The Kier molecular flexibility index (Phi) is 7.18. The molecule has 3 unspecified atom stereocenters. The number of para-hydroxylation sites is 1. The number of aliphatic hydroxyl groups is 1. The molecule has 0 saturated carbocycles. The zero-order valence-electron chi connectivity index (χ0n) is 17.5. The van der Waals surface area contributed by atoms with E-state index >= 15 is 0 Å². The lowest BCUT2D eigenvalue weighted by Crippen LogP contribution is -2.52. The van der Waals surface area contributed by atoms with Gasteiger partial charge < -0.3 is 10.0 Å². The monoisotopic (exact) mass is 411 g/mol. The fourth-order valence-electron chi connectivity index (χ4n) is 4.22. The van der Waals surface area contributed by atoms with Gasteiger partial charge in [-0.05, 0) is 42.2 Å². The number of hydrogen-bond donors (Lipinski definition) is 1. The topological polar surface area (TPSA) is 86.9 Å². The van der Waals surface area contributed by atoms with Crippen molar-refractivity contribution in [1.82, 2.24) is 4.90 Å². The van der Waals surface area contributed by atoms with Crippen molar-refractivity contribution in [2.75, 3.05) is 24.5 Å². The van der Waals surface area contributed by atoms with E-state index in [2.05, 4.69) is 11.8 Å². The maximum Gasteiger partial charge on any atom is 0.269 e. The van der Waals surface area contributed by atoms with Crippen molar-refractivity contribution in [3.05, 3.63) is 70.3 Å². The van der Waals surface area contributed by atoms with Crippen LogP contribution in [0.4, 0.5) is 11.4 Å². The number of benzene rings is 2. The summed E-state index contributed by atoms with van der Waals surface area (Å²) >= 11 is 0. The van der Waals surface area contributed by atoms with Gasteiger partial charge in [0.05, 0.1) is 11.0 Å². The largest absolute Gasteiger partial charge is 0.387 e. The molecule has 1 saturated heterocycles. The van der Waals surface area contributed by atoms with Crippen LogP contribution in [-0.4, -0.2) is 46.5 Å². The van der Waals surface area contributed by atoms with Gasteiger partial charge in [-0.15, -0.1) is 0 Å². The van der Waals surface area contributed by atoms with Gasteiger partial charge in [-0.3, -0.25) is 19.8 Å². The standard InChI is InChI=1S/C23H29N3O4/c1-3-23(28)25(19-7-5-4-6-8-19)21-13-14-24(15-17(21)2)16-22(27)18-9-11-20(12-10-18)26(29)30/h4-12,17,21-22,27H,3,13-16H2,1-2H3. The van der Waals surface area contributed by atoms with Crippen molar-refractivity contribution in [3.8, 4) is 0 Å². The lowest BCUT2D eigenvalue weighted by atomic mass is 9.91.